The minimum absolute atomic E-state index is 0.0114. The van der Waals surface area contributed by atoms with Crippen LogP contribution in [0.4, 0.5) is 11.8 Å². The van der Waals surface area contributed by atoms with Crippen molar-refractivity contribution in [1.82, 2.24) is 25.5 Å². The fourth-order valence-corrected chi connectivity index (χ4v) is 4.55. The van der Waals surface area contributed by atoms with Crippen molar-refractivity contribution in [3.8, 4) is 0 Å². The lowest BCUT2D eigenvalue weighted by molar-refractivity contribution is -0.135. The topological polar surface area (TPSA) is 102 Å². The molecule has 1 unspecified atom stereocenters. The van der Waals surface area contributed by atoms with Gasteiger partial charge in [-0.2, -0.15) is 4.98 Å². The second-order valence-corrected chi connectivity index (χ2v) is 9.20. The molecule has 2 amide bonds. The number of aromatic nitrogens is 2. The molecule has 1 aromatic carbocycles. The van der Waals surface area contributed by atoms with Crippen LogP contribution in [0.15, 0.2) is 24.4 Å². The number of nitrogens with zero attached hydrogens (tertiary/aromatic N) is 4. The molecule has 0 saturated carbocycles. The number of hydrogen-bond acceptors (Lipinski definition) is 7. The van der Waals surface area contributed by atoms with Gasteiger partial charge in [0.15, 0.2) is 5.82 Å². The van der Waals surface area contributed by atoms with Crippen molar-refractivity contribution >= 4 is 58.4 Å². The molecule has 9 nitrogen and oxygen atoms in total. The Kier molecular flexibility index (Phi) is 7.43. The van der Waals surface area contributed by atoms with Crippen molar-refractivity contribution in [2.45, 2.75) is 19.0 Å². The highest BCUT2D eigenvalue weighted by molar-refractivity contribution is 6.35. The number of amides is 2. The van der Waals surface area contributed by atoms with E-state index in [2.05, 4.69) is 25.9 Å². The molecule has 2 aromatic rings. The summed E-state index contributed by atoms with van der Waals surface area (Å²) < 4.78 is 0. The molecule has 4 rings (SSSR count). The van der Waals surface area contributed by atoms with Gasteiger partial charge < -0.3 is 20.4 Å². The summed E-state index contributed by atoms with van der Waals surface area (Å²) in [4.78, 5) is 36.8. The monoisotopic (exact) mass is 511 g/mol. The van der Waals surface area contributed by atoms with Crippen LogP contribution in [0.25, 0.3) is 0 Å². The Labute approximate surface area is 206 Å². The number of rotatable bonds is 5. The zero-order chi connectivity index (χ0) is 23.5. The molecule has 1 aromatic heterocycles. The van der Waals surface area contributed by atoms with Crippen LogP contribution in [0.3, 0.4) is 0 Å². The molecule has 3 N–H and O–H groups in total. The molecule has 2 atom stereocenters. The molecule has 2 fully saturated rings. The van der Waals surface area contributed by atoms with Crippen LogP contribution in [0.1, 0.15) is 18.5 Å². The van der Waals surface area contributed by atoms with Crippen molar-refractivity contribution in [3.63, 3.8) is 0 Å². The fraction of sp³-hybridized carbons (Fsp3) is 0.429. The molecule has 33 heavy (non-hydrogen) atoms. The predicted molar refractivity (Wildman–Crippen MR) is 129 cm³/mol. The highest BCUT2D eigenvalue weighted by Gasteiger charge is 2.30. The smallest absolute Gasteiger partial charge is 0.241 e. The van der Waals surface area contributed by atoms with Gasteiger partial charge >= 0.3 is 0 Å². The van der Waals surface area contributed by atoms with Crippen LogP contribution in [-0.4, -0.2) is 72.0 Å². The SMILES string of the molecule is C[C@@H](Nc1nc(N2CCN(C(=O)C3CNC(=O)CN3)CC2)ncc1Cl)c1ccc(Cl)cc1Cl. The Balaban J connectivity index is 1.39. The lowest BCUT2D eigenvalue weighted by atomic mass is 10.1. The van der Waals surface area contributed by atoms with Gasteiger partial charge in [-0.1, -0.05) is 40.9 Å². The first kappa shape index (κ1) is 23.8. The fourth-order valence-electron chi connectivity index (χ4n) is 3.84. The van der Waals surface area contributed by atoms with Gasteiger partial charge in [0.25, 0.3) is 0 Å². The number of hydrogen-bond donors (Lipinski definition) is 3. The third-order valence-corrected chi connectivity index (χ3v) is 6.54. The van der Waals surface area contributed by atoms with Crippen molar-refractivity contribution < 1.29 is 9.59 Å². The van der Waals surface area contributed by atoms with Crippen LogP contribution in [0.5, 0.6) is 0 Å². The first-order chi connectivity index (χ1) is 15.8. The third kappa shape index (κ3) is 5.60. The number of carbonyl (C=O) groups excluding carboxylic acids is 2. The Bertz CT molecular complexity index is 1040. The maximum absolute atomic E-state index is 12.7. The summed E-state index contributed by atoms with van der Waals surface area (Å²) in [5.41, 5.74) is 0.872. The third-order valence-electron chi connectivity index (χ3n) is 5.70. The molecule has 3 heterocycles. The maximum Gasteiger partial charge on any atom is 0.241 e. The second kappa shape index (κ2) is 10.3. The molecule has 2 saturated heterocycles. The molecule has 2 aliphatic heterocycles. The molecule has 0 radical (unpaired) electrons. The van der Waals surface area contributed by atoms with Crippen LogP contribution in [0.2, 0.25) is 15.1 Å². The van der Waals surface area contributed by atoms with E-state index in [4.69, 9.17) is 34.8 Å². The zero-order valence-electron chi connectivity index (χ0n) is 17.9. The molecular weight excluding hydrogens is 489 g/mol. The minimum Gasteiger partial charge on any atom is -0.362 e. The van der Waals surface area contributed by atoms with Crippen LogP contribution < -0.4 is 20.9 Å². The summed E-state index contributed by atoms with van der Waals surface area (Å²) in [6.07, 6.45) is 1.56. The van der Waals surface area contributed by atoms with E-state index in [1.165, 1.54) is 0 Å². The molecule has 0 spiro atoms. The van der Waals surface area contributed by atoms with Gasteiger partial charge in [-0.05, 0) is 24.6 Å². The van der Waals surface area contributed by atoms with Gasteiger partial charge in [0.05, 0.1) is 18.8 Å². The Morgan fingerprint density at radius 3 is 2.61 bits per heavy atom. The van der Waals surface area contributed by atoms with E-state index in [1.54, 1.807) is 23.2 Å². The van der Waals surface area contributed by atoms with E-state index >= 15 is 0 Å². The summed E-state index contributed by atoms with van der Waals surface area (Å²) in [5, 5.41) is 10.5. The van der Waals surface area contributed by atoms with Crippen molar-refractivity contribution in [1.29, 1.82) is 0 Å². The number of anilines is 2. The quantitative estimate of drug-likeness (QED) is 0.565. The van der Waals surface area contributed by atoms with Gasteiger partial charge in [0.1, 0.15) is 11.1 Å². The summed E-state index contributed by atoms with van der Waals surface area (Å²) >= 11 is 18.7. The number of piperazine rings is 2. The van der Waals surface area contributed by atoms with Gasteiger partial charge in [-0.15, -0.1) is 0 Å². The number of benzene rings is 1. The molecule has 12 heteroatoms. The maximum atomic E-state index is 12.7. The summed E-state index contributed by atoms with van der Waals surface area (Å²) in [7, 11) is 0. The standard InChI is InChI=1S/C21H24Cl3N7O2/c1-12(14-3-2-13(22)8-15(14)23)28-19-16(24)9-27-21(29-19)31-6-4-30(5-7-31)20(33)17-10-26-18(32)11-25-17/h2-3,8-9,12,17,25H,4-7,10-11H2,1H3,(H,26,32)(H,27,28,29)/t12-,17?/m1/s1. The van der Waals surface area contributed by atoms with E-state index in [1.807, 2.05) is 17.9 Å². The highest BCUT2D eigenvalue weighted by Crippen LogP contribution is 2.30. The summed E-state index contributed by atoms with van der Waals surface area (Å²) in [5.74, 6) is 0.927. The highest BCUT2D eigenvalue weighted by atomic mass is 35.5. The first-order valence-corrected chi connectivity index (χ1v) is 11.7. The van der Waals surface area contributed by atoms with Crippen LogP contribution >= 0.6 is 34.8 Å². The number of carbonyl (C=O) groups is 2. The zero-order valence-corrected chi connectivity index (χ0v) is 20.2. The van der Waals surface area contributed by atoms with E-state index < -0.39 is 6.04 Å². The molecular formula is C21H24Cl3N7O2. The van der Waals surface area contributed by atoms with Crippen LogP contribution in [-0.2, 0) is 9.59 Å². The van der Waals surface area contributed by atoms with E-state index in [0.717, 1.165) is 5.56 Å². The molecule has 176 valence electrons. The normalized spacial score (nSPS) is 19.8. The Morgan fingerprint density at radius 1 is 1.18 bits per heavy atom. The van der Waals surface area contributed by atoms with E-state index in [-0.39, 0.29) is 24.4 Å². The van der Waals surface area contributed by atoms with Gasteiger partial charge in [0.2, 0.25) is 17.8 Å². The number of nitrogens with one attached hydrogen (secondary N) is 3. The predicted octanol–water partition coefficient (Wildman–Crippen LogP) is 2.35. The lowest BCUT2D eigenvalue weighted by Crippen LogP contribution is -2.61. The summed E-state index contributed by atoms with van der Waals surface area (Å²) in [6, 6.07) is 4.79. The Morgan fingerprint density at radius 2 is 1.94 bits per heavy atom. The second-order valence-electron chi connectivity index (χ2n) is 7.95. The Hall–Kier alpha value is -2.33. The molecule has 0 bridgehead atoms. The largest absolute Gasteiger partial charge is 0.362 e. The van der Waals surface area contributed by atoms with Crippen molar-refractivity contribution in [2.24, 2.45) is 0 Å². The van der Waals surface area contributed by atoms with Crippen molar-refractivity contribution in [3.05, 3.63) is 45.0 Å². The van der Waals surface area contributed by atoms with E-state index in [9.17, 15) is 9.59 Å². The van der Waals surface area contributed by atoms with Crippen molar-refractivity contribution in [2.75, 3.05) is 49.5 Å². The number of halogens is 3. The van der Waals surface area contributed by atoms with Gasteiger partial charge in [0, 0.05) is 42.8 Å². The molecule has 0 aliphatic carbocycles. The minimum atomic E-state index is -0.391. The average molecular weight is 513 g/mol. The summed E-state index contributed by atoms with van der Waals surface area (Å²) in [6.45, 7) is 4.68. The first-order valence-electron chi connectivity index (χ1n) is 10.6. The van der Waals surface area contributed by atoms with Gasteiger partial charge in [-0.25, -0.2) is 4.98 Å². The van der Waals surface area contributed by atoms with E-state index in [0.29, 0.717) is 59.6 Å². The average Bonchev–Trinajstić information content (AvgIpc) is 2.80. The van der Waals surface area contributed by atoms with Crippen LogP contribution in [0, 0.1) is 0 Å². The molecule has 2 aliphatic rings. The van der Waals surface area contributed by atoms with Gasteiger partial charge in [-0.3, -0.25) is 14.9 Å². The lowest BCUT2D eigenvalue weighted by Gasteiger charge is -2.37.